The van der Waals surface area contributed by atoms with Gasteiger partial charge in [0, 0.05) is 24.0 Å². The number of aromatic nitrogens is 3. The quantitative estimate of drug-likeness (QED) is 0.789. The summed E-state index contributed by atoms with van der Waals surface area (Å²) in [7, 11) is 0. The number of benzene rings is 1. The van der Waals surface area contributed by atoms with Crippen LogP contribution in [0.2, 0.25) is 5.02 Å². The van der Waals surface area contributed by atoms with Crippen molar-refractivity contribution in [1.82, 2.24) is 15.0 Å². The Kier molecular flexibility index (Phi) is 3.71. The number of rotatable bonds is 3. The summed E-state index contributed by atoms with van der Waals surface area (Å²) in [4.78, 5) is 12.9. The minimum atomic E-state index is 0.00214. The molecule has 2 heterocycles. The first-order valence-corrected chi connectivity index (χ1v) is 7.11. The van der Waals surface area contributed by atoms with Gasteiger partial charge in [-0.05, 0) is 37.6 Å². The van der Waals surface area contributed by atoms with Gasteiger partial charge in [0.05, 0.1) is 34.2 Å². The molecule has 2 aromatic heterocycles. The SMILES string of the molecule is Cc1cc(Cl)c(NC(C)c2cnccn2)c2cccnc12. The number of nitrogens with one attached hydrogen (secondary N) is 1. The molecule has 0 aliphatic rings. The van der Waals surface area contributed by atoms with Crippen molar-refractivity contribution in [2.75, 3.05) is 5.32 Å². The van der Waals surface area contributed by atoms with Crippen molar-refractivity contribution in [1.29, 1.82) is 0 Å². The number of halogens is 1. The van der Waals surface area contributed by atoms with Crippen molar-refractivity contribution < 1.29 is 0 Å². The van der Waals surface area contributed by atoms with E-state index in [1.165, 1.54) is 0 Å². The van der Waals surface area contributed by atoms with Crippen LogP contribution in [0.25, 0.3) is 10.9 Å². The molecule has 3 aromatic rings. The first-order chi connectivity index (χ1) is 10.2. The van der Waals surface area contributed by atoms with Gasteiger partial charge >= 0.3 is 0 Å². The summed E-state index contributed by atoms with van der Waals surface area (Å²) >= 11 is 6.41. The van der Waals surface area contributed by atoms with E-state index in [-0.39, 0.29) is 6.04 Å². The number of hydrogen-bond acceptors (Lipinski definition) is 4. The van der Waals surface area contributed by atoms with E-state index in [4.69, 9.17) is 11.6 Å². The lowest BCUT2D eigenvalue weighted by Crippen LogP contribution is -2.09. The summed E-state index contributed by atoms with van der Waals surface area (Å²) in [5.74, 6) is 0. The van der Waals surface area contributed by atoms with Crippen LogP contribution in [0.3, 0.4) is 0 Å². The van der Waals surface area contributed by atoms with E-state index < -0.39 is 0 Å². The van der Waals surface area contributed by atoms with Crippen molar-refractivity contribution in [2.45, 2.75) is 19.9 Å². The second-order valence-corrected chi connectivity index (χ2v) is 5.35. The first kappa shape index (κ1) is 13.8. The molecule has 1 N–H and O–H groups in total. The number of hydrogen-bond donors (Lipinski definition) is 1. The lowest BCUT2D eigenvalue weighted by molar-refractivity contribution is 0.829. The number of pyridine rings is 1. The number of anilines is 1. The maximum absolute atomic E-state index is 6.41. The Morgan fingerprint density at radius 3 is 2.81 bits per heavy atom. The van der Waals surface area contributed by atoms with Gasteiger partial charge in [0.15, 0.2) is 0 Å². The van der Waals surface area contributed by atoms with Gasteiger partial charge in [-0.2, -0.15) is 0 Å². The summed E-state index contributed by atoms with van der Waals surface area (Å²) in [5.41, 5.74) is 3.76. The highest BCUT2D eigenvalue weighted by Gasteiger charge is 2.13. The second kappa shape index (κ2) is 5.66. The van der Waals surface area contributed by atoms with Crippen molar-refractivity contribution in [2.24, 2.45) is 0 Å². The number of fused-ring (bicyclic) bond motifs is 1. The molecule has 0 aliphatic heterocycles. The third-order valence-electron chi connectivity index (χ3n) is 3.42. The second-order valence-electron chi connectivity index (χ2n) is 4.95. The predicted molar refractivity (Wildman–Crippen MR) is 85.6 cm³/mol. The third kappa shape index (κ3) is 2.67. The maximum atomic E-state index is 6.41. The predicted octanol–water partition coefficient (Wildman–Crippen LogP) is 4.16. The molecule has 0 spiro atoms. The molecule has 5 heteroatoms. The number of nitrogens with zero attached hydrogens (tertiary/aromatic N) is 3. The van der Waals surface area contributed by atoms with Gasteiger partial charge in [-0.25, -0.2) is 0 Å². The highest BCUT2D eigenvalue weighted by Crippen LogP contribution is 2.34. The Bertz CT molecular complexity index is 774. The zero-order valence-corrected chi connectivity index (χ0v) is 12.6. The third-order valence-corrected chi connectivity index (χ3v) is 3.72. The Balaban J connectivity index is 2.05. The van der Waals surface area contributed by atoms with E-state index in [9.17, 15) is 0 Å². The highest BCUT2D eigenvalue weighted by molar-refractivity contribution is 6.35. The van der Waals surface area contributed by atoms with Crippen LogP contribution in [0.15, 0.2) is 43.0 Å². The molecule has 1 unspecified atom stereocenters. The van der Waals surface area contributed by atoms with E-state index in [0.717, 1.165) is 27.8 Å². The van der Waals surface area contributed by atoms with Crippen molar-refractivity contribution in [3.05, 3.63) is 59.3 Å². The Morgan fingerprint density at radius 1 is 1.19 bits per heavy atom. The fraction of sp³-hybridized carbons (Fsp3) is 0.188. The molecule has 4 nitrogen and oxygen atoms in total. The van der Waals surface area contributed by atoms with Gasteiger partial charge in [0.1, 0.15) is 0 Å². The van der Waals surface area contributed by atoms with Crippen LogP contribution in [0.5, 0.6) is 0 Å². The summed E-state index contributed by atoms with van der Waals surface area (Å²) in [6, 6.07) is 5.87. The molecule has 1 aromatic carbocycles. The standard InChI is InChI=1S/C16H15ClN4/c1-10-8-13(17)16(12-4-3-5-20-15(10)12)21-11(2)14-9-18-6-7-19-14/h3-9,11,21H,1-2H3. The molecule has 0 saturated carbocycles. The van der Waals surface area contributed by atoms with E-state index in [1.807, 2.05) is 32.0 Å². The summed E-state index contributed by atoms with van der Waals surface area (Å²) in [6.07, 6.45) is 6.89. The normalized spacial score (nSPS) is 12.3. The van der Waals surface area contributed by atoms with Crippen LogP contribution in [0.4, 0.5) is 5.69 Å². The van der Waals surface area contributed by atoms with Crippen LogP contribution in [-0.2, 0) is 0 Å². The van der Waals surface area contributed by atoms with Crippen molar-refractivity contribution >= 4 is 28.2 Å². The fourth-order valence-electron chi connectivity index (χ4n) is 2.35. The molecule has 0 aliphatic carbocycles. The monoisotopic (exact) mass is 298 g/mol. The average Bonchev–Trinajstić information content (AvgIpc) is 2.52. The van der Waals surface area contributed by atoms with E-state index in [0.29, 0.717) is 5.02 Å². The Morgan fingerprint density at radius 2 is 2.05 bits per heavy atom. The van der Waals surface area contributed by atoms with Crippen LogP contribution in [0, 0.1) is 6.92 Å². The molecule has 0 radical (unpaired) electrons. The highest BCUT2D eigenvalue weighted by atomic mass is 35.5. The minimum absolute atomic E-state index is 0.00214. The van der Waals surface area contributed by atoms with Gasteiger partial charge in [-0.15, -0.1) is 0 Å². The van der Waals surface area contributed by atoms with Crippen molar-refractivity contribution in [3.8, 4) is 0 Å². The Labute approximate surface area is 128 Å². The van der Waals surface area contributed by atoms with Gasteiger partial charge in [-0.3, -0.25) is 15.0 Å². The maximum Gasteiger partial charge on any atom is 0.0806 e. The molecular weight excluding hydrogens is 284 g/mol. The molecule has 0 fully saturated rings. The largest absolute Gasteiger partial charge is 0.375 e. The summed E-state index contributed by atoms with van der Waals surface area (Å²) < 4.78 is 0. The summed E-state index contributed by atoms with van der Waals surface area (Å²) in [6.45, 7) is 4.04. The molecule has 0 bridgehead atoms. The van der Waals surface area contributed by atoms with Crippen LogP contribution >= 0.6 is 11.6 Å². The molecule has 0 amide bonds. The van der Waals surface area contributed by atoms with Gasteiger partial charge in [0.2, 0.25) is 0 Å². The average molecular weight is 299 g/mol. The number of aryl methyl sites for hydroxylation is 1. The Hall–Kier alpha value is -2.20. The minimum Gasteiger partial charge on any atom is -0.375 e. The molecule has 3 rings (SSSR count). The first-order valence-electron chi connectivity index (χ1n) is 6.73. The van der Waals surface area contributed by atoms with E-state index in [2.05, 4.69) is 20.3 Å². The van der Waals surface area contributed by atoms with E-state index in [1.54, 1.807) is 24.8 Å². The topological polar surface area (TPSA) is 50.7 Å². The van der Waals surface area contributed by atoms with Gasteiger partial charge in [-0.1, -0.05) is 11.6 Å². The lowest BCUT2D eigenvalue weighted by Gasteiger charge is -2.18. The van der Waals surface area contributed by atoms with Crippen molar-refractivity contribution in [3.63, 3.8) is 0 Å². The zero-order valence-electron chi connectivity index (χ0n) is 11.8. The smallest absolute Gasteiger partial charge is 0.0806 e. The van der Waals surface area contributed by atoms with Gasteiger partial charge in [0.25, 0.3) is 0 Å². The lowest BCUT2D eigenvalue weighted by atomic mass is 10.1. The molecule has 106 valence electrons. The van der Waals surface area contributed by atoms with E-state index >= 15 is 0 Å². The fourth-order valence-corrected chi connectivity index (χ4v) is 2.67. The summed E-state index contributed by atoms with van der Waals surface area (Å²) in [5, 5.41) is 5.12. The molecule has 0 saturated heterocycles. The van der Waals surface area contributed by atoms with Crippen LogP contribution in [-0.4, -0.2) is 15.0 Å². The van der Waals surface area contributed by atoms with Gasteiger partial charge < -0.3 is 5.32 Å². The molecular formula is C16H15ClN4. The molecule has 21 heavy (non-hydrogen) atoms. The molecule has 1 atom stereocenters. The van der Waals surface area contributed by atoms with Crippen LogP contribution < -0.4 is 5.32 Å². The zero-order chi connectivity index (χ0) is 14.8. The van der Waals surface area contributed by atoms with Crippen LogP contribution in [0.1, 0.15) is 24.2 Å².